The second kappa shape index (κ2) is 4.06. The van der Waals surface area contributed by atoms with Gasteiger partial charge in [0.05, 0.1) is 12.8 Å². The van der Waals surface area contributed by atoms with Crippen LogP contribution in [0.4, 0.5) is 0 Å². The number of halogens is 1. The van der Waals surface area contributed by atoms with Crippen LogP contribution in [0.2, 0.25) is 0 Å². The topological polar surface area (TPSA) is 37.9 Å². The van der Waals surface area contributed by atoms with Crippen molar-refractivity contribution in [1.29, 1.82) is 0 Å². The Labute approximate surface area is 96.6 Å². The third-order valence-corrected chi connectivity index (χ3v) is 2.65. The van der Waals surface area contributed by atoms with E-state index in [0.29, 0.717) is 6.01 Å². The highest BCUT2D eigenvalue weighted by Gasteiger charge is 2.08. The van der Waals surface area contributed by atoms with Gasteiger partial charge in [0.15, 0.2) is 0 Å². The molecule has 1 aromatic heterocycles. The quantitative estimate of drug-likeness (QED) is 0.907. The van der Waals surface area contributed by atoms with Gasteiger partial charge in [0.1, 0.15) is 0 Å². The molecule has 2 rings (SSSR count). The Hall–Kier alpha value is -1.29. The van der Waals surface area contributed by atoms with E-state index < -0.39 is 0 Å². The first-order valence-corrected chi connectivity index (χ1v) is 5.36. The number of aromatic amines is 1. The van der Waals surface area contributed by atoms with Crippen LogP contribution < -0.4 is 4.74 Å². The van der Waals surface area contributed by atoms with Crippen LogP contribution in [0.1, 0.15) is 5.69 Å². The number of nitrogens with one attached hydrogen (secondary N) is 1. The zero-order chi connectivity index (χ0) is 10.8. The first-order valence-electron chi connectivity index (χ1n) is 4.57. The lowest BCUT2D eigenvalue weighted by molar-refractivity contribution is 0.384. The Morgan fingerprint density at radius 3 is 2.80 bits per heavy atom. The summed E-state index contributed by atoms with van der Waals surface area (Å²) in [5.74, 6) is 0. The summed E-state index contributed by atoms with van der Waals surface area (Å²) in [6, 6.07) is 8.57. The summed E-state index contributed by atoms with van der Waals surface area (Å²) in [5.41, 5.74) is 3.00. The number of H-pyrrole nitrogens is 1. The fourth-order valence-corrected chi connectivity index (χ4v) is 1.85. The molecule has 15 heavy (non-hydrogen) atoms. The summed E-state index contributed by atoms with van der Waals surface area (Å²) in [5, 5.41) is 0. The minimum Gasteiger partial charge on any atom is -0.468 e. The Morgan fingerprint density at radius 1 is 1.40 bits per heavy atom. The van der Waals surface area contributed by atoms with Crippen LogP contribution in [-0.2, 0) is 0 Å². The molecule has 1 heterocycles. The normalized spacial score (nSPS) is 10.3. The van der Waals surface area contributed by atoms with Gasteiger partial charge >= 0.3 is 0 Å². The molecule has 0 aliphatic carbocycles. The molecule has 0 saturated heterocycles. The highest BCUT2D eigenvalue weighted by molar-refractivity contribution is 9.10. The van der Waals surface area contributed by atoms with E-state index in [1.807, 2.05) is 31.2 Å². The van der Waals surface area contributed by atoms with Crippen molar-refractivity contribution in [1.82, 2.24) is 9.97 Å². The lowest BCUT2D eigenvalue weighted by atomic mass is 10.1. The van der Waals surface area contributed by atoms with Crippen LogP contribution in [0.25, 0.3) is 11.3 Å². The van der Waals surface area contributed by atoms with Gasteiger partial charge in [0.2, 0.25) is 0 Å². The van der Waals surface area contributed by atoms with Crippen molar-refractivity contribution >= 4 is 15.9 Å². The minimum absolute atomic E-state index is 0.544. The molecule has 2 aromatic rings. The van der Waals surface area contributed by atoms with Crippen molar-refractivity contribution in [3.8, 4) is 17.3 Å². The molecule has 1 N–H and O–H groups in total. The first-order chi connectivity index (χ1) is 7.20. The summed E-state index contributed by atoms with van der Waals surface area (Å²) in [6.07, 6.45) is 0. The number of methoxy groups -OCH3 is 1. The van der Waals surface area contributed by atoms with Crippen molar-refractivity contribution in [2.75, 3.05) is 7.11 Å². The highest BCUT2D eigenvalue weighted by Crippen LogP contribution is 2.25. The molecule has 0 atom stereocenters. The van der Waals surface area contributed by atoms with E-state index in [-0.39, 0.29) is 0 Å². The molecular formula is C11H11BrN2O. The average Bonchev–Trinajstić information content (AvgIpc) is 2.60. The van der Waals surface area contributed by atoms with Gasteiger partial charge < -0.3 is 9.72 Å². The standard InChI is InChI=1S/C11H11BrN2O/c1-7-10(14-11(13-7)15-2)8-4-3-5-9(12)6-8/h3-6H,1-2H3,(H,13,14). The average molecular weight is 267 g/mol. The van der Waals surface area contributed by atoms with Crippen LogP contribution in [0.3, 0.4) is 0 Å². The summed E-state index contributed by atoms with van der Waals surface area (Å²) in [7, 11) is 1.60. The molecule has 0 unspecified atom stereocenters. The number of nitrogens with zero attached hydrogens (tertiary/aromatic N) is 1. The zero-order valence-corrected chi connectivity index (χ0v) is 10.1. The maximum atomic E-state index is 5.05. The Kier molecular flexibility index (Phi) is 2.77. The van der Waals surface area contributed by atoms with Crippen LogP contribution >= 0.6 is 15.9 Å². The highest BCUT2D eigenvalue weighted by atomic mass is 79.9. The number of aromatic nitrogens is 2. The molecule has 0 amide bonds. The van der Waals surface area contributed by atoms with Crippen molar-refractivity contribution in [3.05, 3.63) is 34.4 Å². The van der Waals surface area contributed by atoms with Crippen LogP contribution in [0, 0.1) is 6.92 Å². The number of ether oxygens (including phenoxy) is 1. The molecule has 78 valence electrons. The molecule has 1 aromatic carbocycles. The Balaban J connectivity index is 2.48. The van der Waals surface area contributed by atoms with Gasteiger partial charge in [-0.2, -0.15) is 4.98 Å². The number of aryl methyl sites for hydroxylation is 1. The second-order valence-corrected chi connectivity index (χ2v) is 4.15. The fraction of sp³-hybridized carbons (Fsp3) is 0.182. The number of imidazole rings is 1. The van der Waals surface area contributed by atoms with Gasteiger partial charge in [0.25, 0.3) is 6.01 Å². The van der Waals surface area contributed by atoms with E-state index >= 15 is 0 Å². The van der Waals surface area contributed by atoms with Gasteiger partial charge in [-0.15, -0.1) is 0 Å². The van der Waals surface area contributed by atoms with E-state index in [1.54, 1.807) is 7.11 Å². The van der Waals surface area contributed by atoms with E-state index in [1.165, 1.54) is 0 Å². The molecule has 0 radical (unpaired) electrons. The molecule has 4 heteroatoms. The van der Waals surface area contributed by atoms with E-state index in [2.05, 4.69) is 25.9 Å². The number of rotatable bonds is 2. The Morgan fingerprint density at radius 2 is 2.20 bits per heavy atom. The van der Waals surface area contributed by atoms with Gasteiger partial charge in [0, 0.05) is 15.7 Å². The van der Waals surface area contributed by atoms with Crippen molar-refractivity contribution < 1.29 is 4.74 Å². The van der Waals surface area contributed by atoms with E-state index in [9.17, 15) is 0 Å². The van der Waals surface area contributed by atoms with E-state index in [0.717, 1.165) is 21.4 Å². The molecule has 0 spiro atoms. The fourth-order valence-electron chi connectivity index (χ4n) is 1.45. The van der Waals surface area contributed by atoms with Gasteiger partial charge in [-0.25, -0.2) is 0 Å². The summed E-state index contributed by atoms with van der Waals surface area (Å²) >= 11 is 3.44. The predicted octanol–water partition coefficient (Wildman–Crippen LogP) is 3.16. The monoisotopic (exact) mass is 266 g/mol. The molecule has 0 aliphatic rings. The van der Waals surface area contributed by atoms with E-state index in [4.69, 9.17) is 4.74 Å². The molecule has 0 bridgehead atoms. The van der Waals surface area contributed by atoms with Crippen LogP contribution in [-0.4, -0.2) is 17.1 Å². The summed E-state index contributed by atoms with van der Waals surface area (Å²) in [4.78, 5) is 7.40. The summed E-state index contributed by atoms with van der Waals surface area (Å²) < 4.78 is 6.09. The first kappa shape index (κ1) is 10.2. The number of hydrogen-bond donors (Lipinski definition) is 1. The Bertz CT molecular complexity index is 479. The largest absolute Gasteiger partial charge is 0.468 e. The number of benzene rings is 1. The van der Waals surface area contributed by atoms with Crippen molar-refractivity contribution in [3.63, 3.8) is 0 Å². The lowest BCUT2D eigenvalue weighted by Gasteiger charge is -1.98. The SMILES string of the molecule is COc1nc(-c2cccc(Br)c2)c(C)[nH]1. The van der Waals surface area contributed by atoms with Crippen molar-refractivity contribution in [2.45, 2.75) is 6.92 Å². The predicted molar refractivity (Wildman–Crippen MR) is 63.0 cm³/mol. The number of hydrogen-bond acceptors (Lipinski definition) is 2. The van der Waals surface area contributed by atoms with Gasteiger partial charge in [-0.05, 0) is 19.1 Å². The third kappa shape index (κ3) is 2.04. The molecule has 0 aliphatic heterocycles. The maximum absolute atomic E-state index is 5.05. The molecule has 0 saturated carbocycles. The molecular weight excluding hydrogens is 256 g/mol. The second-order valence-electron chi connectivity index (χ2n) is 3.23. The van der Waals surface area contributed by atoms with Crippen LogP contribution in [0.5, 0.6) is 6.01 Å². The van der Waals surface area contributed by atoms with Gasteiger partial charge in [-0.1, -0.05) is 28.1 Å². The minimum atomic E-state index is 0.544. The smallest absolute Gasteiger partial charge is 0.294 e. The molecule has 3 nitrogen and oxygen atoms in total. The van der Waals surface area contributed by atoms with Crippen molar-refractivity contribution in [2.24, 2.45) is 0 Å². The van der Waals surface area contributed by atoms with Gasteiger partial charge in [-0.3, -0.25) is 0 Å². The maximum Gasteiger partial charge on any atom is 0.294 e. The zero-order valence-electron chi connectivity index (χ0n) is 8.54. The third-order valence-electron chi connectivity index (χ3n) is 2.15. The summed E-state index contributed by atoms with van der Waals surface area (Å²) in [6.45, 7) is 1.98. The molecule has 0 fully saturated rings. The van der Waals surface area contributed by atoms with Crippen LogP contribution in [0.15, 0.2) is 28.7 Å². The lowest BCUT2D eigenvalue weighted by Crippen LogP contribution is -1.83.